The predicted octanol–water partition coefficient (Wildman–Crippen LogP) is 2.60. The van der Waals surface area contributed by atoms with Crippen LogP contribution in [-0.4, -0.2) is 40.2 Å². The molecule has 0 radical (unpaired) electrons. The van der Waals surface area contributed by atoms with Crippen LogP contribution in [0.15, 0.2) is 0 Å². The summed E-state index contributed by atoms with van der Waals surface area (Å²) in [5.41, 5.74) is -0.501. The number of rotatable bonds is 6. The van der Waals surface area contributed by atoms with Crippen LogP contribution in [-0.2, 0) is 4.79 Å². The van der Waals surface area contributed by atoms with Crippen molar-refractivity contribution < 1.29 is 14.7 Å². The fraction of sp³-hybridized carbons (Fsp3) is 0.857. The Bertz CT molecular complexity index is 339. The van der Waals surface area contributed by atoms with Crippen LogP contribution in [0.4, 0.5) is 4.79 Å². The molecule has 1 fully saturated rings. The zero-order valence-corrected chi connectivity index (χ0v) is 13.4. The van der Waals surface area contributed by atoms with Gasteiger partial charge in [0.15, 0.2) is 0 Å². The van der Waals surface area contributed by atoms with E-state index in [2.05, 4.69) is 16.9 Å². The van der Waals surface area contributed by atoms with Gasteiger partial charge in [0, 0.05) is 23.3 Å². The summed E-state index contributed by atoms with van der Waals surface area (Å²) in [5.74, 6) is -0.837. The molecule has 0 bridgehead atoms. The van der Waals surface area contributed by atoms with Crippen LogP contribution in [0.25, 0.3) is 0 Å². The molecule has 5 nitrogen and oxygen atoms in total. The summed E-state index contributed by atoms with van der Waals surface area (Å²) in [6, 6.07) is 0.0571. The summed E-state index contributed by atoms with van der Waals surface area (Å²) in [6.45, 7) is 3.69. The van der Waals surface area contributed by atoms with Crippen molar-refractivity contribution in [3.05, 3.63) is 0 Å². The first-order chi connectivity index (χ1) is 9.32. The molecule has 0 aliphatic heterocycles. The van der Waals surface area contributed by atoms with Gasteiger partial charge < -0.3 is 15.7 Å². The standard InChI is InChI=1S/C14H26N2O3S/c1-14(2,9-8-12(17)18)16-13(19)15-10-4-6-11(20-3)7-5-10/h10-11H,4-9H2,1-3H3,(H,17,18)(H2,15,16,19). The summed E-state index contributed by atoms with van der Waals surface area (Å²) in [6.07, 6.45) is 6.96. The number of carbonyl (C=O) groups excluding carboxylic acids is 1. The summed E-state index contributed by atoms with van der Waals surface area (Å²) < 4.78 is 0. The van der Waals surface area contributed by atoms with E-state index in [1.807, 2.05) is 25.6 Å². The zero-order valence-electron chi connectivity index (χ0n) is 12.6. The van der Waals surface area contributed by atoms with E-state index in [1.165, 1.54) is 0 Å². The van der Waals surface area contributed by atoms with Gasteiger partial charge in [-0.15, -0.1) is 0 Å². The summed E-state index contributed by atoms with van der Waals surface area (Å²) in [5, 5.41) is 15.3. The Balaban J connectivity index is 2.30. The van der Waals surface area contributed by atoms with Crippen molar-refractivity contribution in [1.29, 1.82) is 0 Å². The third kappa shape index (κ3) is 6.50. The molecule has 0 aromatic heterocycles. The number of amides is 2. The van der Waals surface area contributed by atoms with E-state index in [0.29, 0.717) is 6.42 Å². The minimum absolute atomic E-state index is 0.0616. The van der Waals surface area contributed by atoms with Crippen molar-refractivity contribution >= 4 is 23.8 Å². The molecule has 1 aliphatic carbocycles. The quantitative estimate of drug-likeness (QED) is 0.704. The molecule has 116 valence electrons. The van der Waals surface area contributed by atoms with Crippen LogP contribution in [0, 0.1) is 0 Å². The summed E-state index contributed by atoms with van der Waals surface area (Å²) in [4.78, 5) is 22.5. The lowest BCUT2D eigenvalue weighted by molar-refractivity contribution is -0.137. The maximum atomic E-state index is 11.9. The first kappa shape index (κ1) is 17.1. The normalized spacial score (nSPS) is 23.1. The molecule has 0 saturated heterocycles. The third-order valence-electron chi connectivity index (χ3n) is 3.76. The Morgan fingerprint density at radius 2 is 1.85 bits per heavy atom. The van der Waals surface area contributed by atoms with Crippen molar-refractivity contribution in [1.82, 2.24) is 10.6 Å². The van der Waals surface area contributed by atoms with Gasteiger partial charge in [-0.25, -0.2) is 4.79 Å². The molecule has 2 amide bonds. The largest absolute Gasteiger partial charge is 0.481 e. The smallest absolute Gasteiger partial charge is 0.315 e. The van der Waals surface area contributed by atoms with Gasteiger partial charge in [0.1, 0.15) is 0 Å². The number of nitrogens with one attached hydrogen (secondary N) is 2. The fourth-order valence-corrected chi connectivity index (χ4v) is 3.20. The monoisotopic (exact) mass is 302 g/mol. The molecule has 20 heavy (non-hydrogen) atoms. The number of urea groups is 1. The first-order valence-electron chi connectivity index (χ1n) is 7.15. The van der Waals surface area contributed by atoms with Crippen molar-refractivity contribution in [2.75, 3.05) is 6.26 Å². The average molecular weight is 302 g/mol. The van der Waals surface area contributed by atoms with E-state index in [1.54, 1.807) is 0 Å². The summed E-state index contributed by atoms with van der Waals surface area (Å²) in [7, 11) is 0. The minimum Gasteiger partial charge on any atom is -0.481 e. The van der Waals surface area contributed by atoms with Crippen molar-refractivity contribution in [3.63, 3.8) is 0 Å². The van der Waals surface area contributed by atoms with E-state index in [-0.39, 0.29) is 18.5 Å². The molecule has 0 atom stereocenters. The number of carbonyl (C=O) groups is 2. The SMILES string of the molecule is CSC1CCC(NC(=O)NC(C)(C)CCC(=O)O)CC1. The molecule has 0 heterocycles. The van der Waals surface area contributed by atoms with Crippen LogP contribution < -0.4 is 10.6 Å². The van der Waals surface area contributed by atoms with Gasteiger partial charge in [-0.3, -0.25) is 4.79 Å². The van der Waals surface area contributed by atoms with Crippen molar-refractivity contribution in [2.45, 2.75) is 69.2 Å². The Kier molecular flexibility index (Phi) is 6.65. The van der Waals surface area contributed by atoms with Crippen LogP contribution in [0.2, 0.25) is 0 Å². The van der Waals surface area contributed by atoms with E-state index in [0.717, 1.165) is 30.9 Å². The van der Waals surface area contributed by atoms with Gasteiger partial charge in [0.2, 0.25) is 0 Å². The second-order valence-electron chi connectivity index (χ2n) is 6.09. The van der Waals surface area contributed by atoms with E-state index >= 15 is 0 Å². The average Bonchev–Trinajstić information content (AvgIpc) is 2.37. The van der Waals surface area contributed by atoms with Gasteiger partial charge in [0.05, 0.1) is 0 Å². The molecule has 0 spiro atoms. The van der Waals surface area contributed by atoms with Gasteiger partial charge in [-0.2, -0.15) is 11.8 Å². The van der Waals surface area contributed by atoms with Gasteiger partial charge >= 0.3 is 12.0 Å². The number of hydrogen-bond donors (Lipinski definition) is 3. The first-order valence-corrected chi connectivity index (χ1v) is 8.44. The molecule has 1 rings (SSSR count). The van der Waals surface area contributed by atoms with Crippen LogP contribution >= 0.6 is 11.8 Å². The van der Waals surface area contributed by atoms with E-state index < -0.39 is 11.5 Å². The number of aliphatic carboxylic acids is 1. The predicted molar refractivity (Wildman–Crippen MR) is 82.2 cm³/mol. The van der Waals surface area contributed by atoms with Gasteiger partial charge in [-0.1, -0.05) is 0 Å². The lowest BCUT2D eigenvalue weighted by Gasteiger charge is -2.31. The topological polar surface area (TPSA) is 78.4 Å². The van der Waals surface area contributed by atoms with Gasteiger partial charge in [0.25, 0.3) is 0 Å². The highest BCUT2D eigenvalue weighted by molar-refractivity contribution is 7.99. The molecule has 1 saturated carbocycles. The second kappa shape index (κ2) is 7.76. The maximum Gasteiger partial charge on any atom is 0.315 e. The van der Waals surface area contributed by atoms with Crippen LogP contribution in [0.5, 0.6) is 0 Å². The minimum atomic E-state index is -0.837. The van der Waals surface area contributed by atoms with Crippen LogP contribution in [0.3, 0.4) is 0 Å². The molecular formula is C14H26N2O3S. The maximum absolute atomic E-state index is 11.9. The molecule has 6 heteroatoms. The molecule has 1 aliphatic rings. The Morgan fingerprint density at radius 1 is 1.25 bits per heavy atom. The zero-order chi connectivity index (χ0) is 15.2. The van der Waals surface area contributed by atoms with Crippen molar-refractivity contribution in [2.24, 2.45) is 0 Å². The fourth-order valence-electron chi connectivity index (χ4n) is 2.45. The van der Waals surface area contributed by atoms with Gasteiger partial charge in [-0.05, 0) is 52.2 Å². The highest BCUT2D eigenvalue weighted by atomic mass is 32.2. The lowest BCUT2D eigenvalue weighted by atomic mass is 9.95. The molecular weight excluding hydrogens is 276 g/mol. The number of hydrogen-bond acceptors (Lipinski definition) is 3. The Morgan fingerprint density at radius 3 is 2.35 bits per heavy atom. The summed E-state index contributed by atoms with van der Waals surface area (Å²) >= 11 is 1.90. The number of thioether (sulfide) groups is 1. The highest BCUT2D eigenvalue weighted by Crippen LogP contribution is 2.26. The molecule has 0 aromatic carbocycles. The Labute approximate surface area is 125 Å². The molecule has 0 aromatic rings. The molecule has 3 N–H and O–H groups in total. The second-order valence-corrected chi connectivity index (χ2v) is 7.22. The van der Waals surface area contributed by atoms with Crippen LogP contribution in [0.1, 0.15) is 52.4 Å². The van der Waals surface area contributed by atoms with E-state index in [9.17, 15) is 9.59 Å². The number of carboxylic acids is 1. The third-order valence-corrected chi connectivity index (χ3v) is 4.90. The highest BCUT2D eigenvalue weighted by Gasteiger charge is 2.25. The molecule has 0 unspecified atom stereocenters. The van der Waals surface area contributed by atoms with E-state index in [4.69, 9.17) is 5.11 Å². The number of carboxylic acid groups (broad SMARTS) is 1. The van der Waals surface area contributed by atoms with Crippen molar-refractivity contribution in [3.8, 4) is 0 Å². The Hall–Kier alpha value is -0.910. The lowest BCUT2D eigenvalue weighted by Crippen LogP contribution is -2.51.